The maximum absolute atomic E-state index is 6.10. The van der Waals surface area contributed by atoms with Crippen LogP contribution >= 0.6 is 0 Å². The molecule has 0 aromatic heterocycles. The first-order chi connectivity index (χ1) is 7.15. The normalized spacial score (nSPS) is 26.8. The van der Waals surface area contributed by atoms with E-state index in [0.29, 0.717) is 12.1 Å². The summed E-state index contributed by atoms with van der Waals surface area (Å²) in [5.74, 6) is 0.795. The fourth-order valence-electron chi connectivity index (χ4n) is 2.67. The molecule has 15 heavy (non-hydrogen) atoms. The Labute approximate surface area is 95.2 Å². The maximum Gasteiger partial charge on any atom is 0.00676 e. The lowest BCUT2D eigenvalue weighted by Gasteiger charge is -2.28. The summed E-state index contributed by atoms with van der Waals surface area (Å²) >= 11 is 0. The van der Waals surface area contributed by atoms with Gasteiger partial charge >= 0.3 is 0 Å². The van der Waals surface area contributed by atoms with Crippen molar-refractivity contribution in [2.75, 3.05) is 13.1 Å². The molecule has 0 aromatic carbocycles. The van der Waals surface area contributed by atoms with Gasteiger partial charge in [0.1, 0.15) is 0 Å². The van der Waals surface area contributed by atoms with E-state index < -0.39 is 0 Å². The Kier molecular flexibility index (Phi) is 5.62. The van der Waals surface area contributed by atoms with Gasteiger partial charge in [0.25, 0.3) is 0 Å². The molecule has 1 rings (SSSR count). The van der Waals surface area contributed by atoms with E-state index in [1.54, 1.807) is 0 Å². The van der Waals surface area contributed by atoms with Crippen LogP contribution in [0.5, 0.6) is 0 Å². The van der Waals surface area contributed by atoms with Crippen LogP contribution in [0.2, 0.25) is 0 Å². The van der Waals surface area contributed by atoms with Gasteiger partial charge < -0.3 is 10.6 Å². The van der Waals surface area contributed by atoms with E-state index in [4.69, 9.17) is 5.73 Å². The summed E-state index contributed by atoms with van der Waals surface area (Å²) in [6.07, 6.45) is 6.52. The highest BCUT2D eigenvalue weighted by atomic mass is 15.1. The summed E-state index contributed by atoms with van der Waals surface area (Å²) in [4.78, 5) is 2.59. The first kappa shape index (κ1) is 13.0. The van der Waals surface area contributed by atoms with E-state index in [2.05, 4.69) is 25.7 Å². The summed E-state index contributed by atoms with van der Waals surface area (Å²) in [7, 11) is 0. The molecule has 0 radical (unpaired) electrons. The van der Waals surface area contributed by atoms with Crippen LogP contribution in [0.4, 0.5) is 0 Å². The van der Waals surface area contributed by atoms with E-state index in [0.717, 1.165) is 5.92 Å². The Morgan fingerprint density at radius 3 is 2.47 bits per heavy atom. The van der Waals surface area contributed by atoms with Crippen LogP contribution in [0.25, 0.3) is 0 Å². The van der Waals surface area contributed by atoms with Crippen LogP contribution < -0.4 is 5.73 Å². The zero-order valence-corrected chi connectivity index (χ0v) is 10.7. The first-order valence-corrected chi connectivity index (χ1v) is 6.64. The zero-order valence-electron chi connectivity index (χ0n) is 10.7. The molecule has 0 aliphatic heterocycles. The first-order valence-electron chi connectivity index (χ1n) is 6.64. The minimum Gasteiger partial charge on any atom is -0.327 e. The number of rotatable bonds is 6. The average molecular weight is 212 g/mol. The molecule has 0 bridgehead atoms. The number of hydrogen-bond donors (Lipinski definition) is 1. The Morgan fingerprint density at radius 2 is 2.00 bits per heavy atom. The molecule has 2 unspecified atom stereocenters. The van der Waals surface area contributed by atoms with Crippen molar-refractivity contribution in [2.24, 2.45) is 11.7 Å². The van der Waals surface area contributed by atoms with Crippen LogP contribution in [-0.4, -0.2) is 30.1 Å². The molecule has 2 heteroatoms. The van der Waals surface area contributed by atoms with Crippen molar-refractivity contribution in [3.05, 3.63) is 0 Å². The van der Waals surface area contributed by atoms with Gasteiger partial charge in [-0.05, 0) is 58.5 Å². The third-order valence-electron chi connectivity index (χ3n) is 3.75. The number of hydrogen-bond acceptors (Lipinski definition) is 2. The largest absolute Gasteiger partial charge is 0.327 e. The van der Waals surface area contributed by atoms with E-state index in [1.807, 2.05) is 0 Å². The van der Waals surface area contributed by atoms with Crippen molar-refractivity contribution in [2.45, 2.75) is 65.0 Å². The highest BCUT2D eigenvalue weighted by molar-refractivity contribution is 4.81. The van der Waals surface area contributed by atoms with E-state index in [1.165, 1.54) is 45.2 Å². The summed E-state index contributed by atoms with van der Waals surface area (Å²) in [5, 5.41) is 0. The van der Waals surface area contributed by atoms with Gasteiger partial charge in [-0.25, -0.2) is 0 Å². The Bertz CT molecular complexity index is 168. The fourth-order valence-corrected chi connectivity index (χ4v) is 2.67. The minimum absolute atomic E-state index is 0.487. The highest BCUT2D eigenvalue weighted by Crippen LogP contribution is 2.27. The minimum atomic E-state index is 0.487. The molecule has 0 aromatic rings. The van der Waals surface area contributed by atoms with Crippen molar-refractivity contribution in [3.63, 3.8) is 0 Å². The molecular weight excluding hydrogens is 184 g/mol. The molecule has 0 spiro atoms. The van der Waals surface area contributed by atoms with Gasteiger partial charge in [-0.1, -0.05) is 13.3 Å². The van der Waals surface area contributed by atoms with Crippen LogP contribution in [0.15, 0.2) is 0 Å². The van der Waals surface area contributed by atoms with Crippen molar-refractivity contribution in [1.82, 2.24) is 4.90 Å². The lowest BCUT2D eigenvalue weighted by molar-refractivity contribution is 0.203. The van der Waals surface area contributed by atoms with Crippen molar-refractivity contribution >= 4 is 0 Å². The smallest absolute Gasteiger partial charge is 0.00676 e. The third kappa shape index (κ3) is 4.12. The van der Waals surface area contributed by atoms with E-state index >= 15 is 0 Å². The van der Waals surface area contributed by atoms with Crippen LogP contribution in [0.1, 0.15) is 52.9 Å². The Morgan fingerprint density at radius 1 is 1.27 bits per heavy atom. The summed E-state index contributed by atoms with van der Waals surface area (Å²) < 4.78 is 0. The second-order valence-electron chi connectivity index (χ2n) is 5.27. The topological polar surface area (TPSA) is 29.3 Å². The standard InChI is InChI=1S/C13H28N2/c1-4-9-15(11(2)3)10-8-12-6-5-7-13(12)14/h11-13H,4-10,14H2,1-3H3. The molecule has 0 amide bonds. The SMILES string of the molecule is CCCN(CCC1CCCC1N)C(C)C. The number of nitrogens with zero attached hydrogens (tertiary/aromatic N) is 1. The summed E-state index contributed by atoms with van der Waals surface area (Å²) in [6.45, 7) is 9.33. The van der Waals surface area contributed by atoms with Crippen molar-refractivity contribution in [1.29, 1.82) is 0 Å². The molecule has 2 N–H and O–H groups in total. The van der Waals surface area contributed by atoms with E-state index in [-0.39, 0.29) is 0 Å². The monoisotopic (exact) mass is 212 g/mol. The summed E-state index contributed by atoms with van der Waals surface area (Å²) in [6, 6.07) is 1.17. The second-order valence-corrected chi connectivity index (χ2v) is 5.27. The predicted octanol–water partition coefficient (Wildman–Crippen LogP) is 2.62. The quantitative estimate of drug-likeness (QED) is 0.733. The molecule has 1 saturated carbocycles. The molecule has 90 valence electrons. The molecule has 2 nitrogen and oxygen atoms in total. The fraction of sp³-hybridized carbons (Fsp3) is 1.00. The van der Waals surface area contributed by atoms with Gasteiger partial charge in [0, 0.05) is 12.1 Å². The van der Waals surface area contributed by atoms with Gasteiger partial charge in [0.2, 0.25) is 0 Å². The zero-order chi connectivity index (χ0) is 11.3. The molecule has 1 aliphatic rings. The third-order valence-corrected chi connectivity index (χ3v) is 3.75. The van der Waals surface area contributed by atoms with Gasteiger partial charge in [-0.3, -0.25) is 0 Å². The van der Waals surface area contributed by atoms with Gasteiger partial charge in [0.05, 0.1) is 0 Å². The summed E-state index contributed by atoms with van der Waals surface area (Å²) in [5.41, 5.74) is 6.10. The van der Waals surface area contributed by atoms with Crippen LogP contribution in [-0.2, 0) is 0 Å². The maximum atomic E-state index is 6.10. The average Bonchev–Trinajstić information content (AvgIpc) is 2.58. The second kappa shape index (κ2) is 6.49. The van der Waals surface area contributed by atoms with Crippen molar-refractivity contribution in [3.8, 4) is 0 Å². The highest BCUT2D eigenvalue weighted by Gasteiger charge is 2.24. The molecular formula is C13H28N2. The van der Waals surface area contributed by atoms with Crippen LogP contribution in [0, 0.1) is 5.92 Å². The molecule has 1 fully saturated rings. The van der Waals surface area contributed by atoms with Crippen LogP contribution in [0.3, 0.4) is 0 Å². The number of nitrogens with two attached hydrogens (primary N) is 1. The van der Waals surface area contributed by atoms with Gasteiger partial charge in [0.15, 0.2) is 0 Å². The molecule has 1 aliphatic carbocycles. The molecule has 0 saturated heterocycles. The lowest BCUT2D eigenvalue weighted by Crippen LogP contribution is -2.35. The van der Waals surface area contributed by atoms with E-state index in [9.17, 15) is 0 Å². The molecule has 2 atom stereocenters. The van der Waals surface area contributed by atoms with Gasteiger partial charge in [-0.2, -0.15) is 0 Å². The van der Waals surface area contributed by atoms with Crippen molar-refractivity contribution < 1.29 is 0 Å². The Balaban J connectivity index is 2.26. The molecule has 0 heterocycles. The Hall–Kier alpha value is -0.0800. The predicted molar refractivity (Wildman–Crippen MR) is 66.9 cm³/mol. The lowest BCUT2D eigenvalue weighted by atomic mass is 9.99. The van der Waals surface area contributed by atoms with Gasteiger partial charge in [-0.15, -0.1) is 0 Å².